The fraction of sp³-hybridized carbons (Fsp3) is 0.667. The van der Waals surface area contributed by atoms with Gasteiger partial charge in [0, 0.05) is 13.1 Å². The highest BCUT2D eigenvalue weighted by Gasteiger charge is 2.21. The summed E-state index contributed by atoms with van der Waals surface area (Å²) >= 11 is 0. The minimum absolute atomic E-state index is 0.0724. The number of amides is 1. The number of ether oxygens (including phenoxy) is 1. The highest BCUT2D eigenvalue weighted by atomic mass is 16.6. The topological polar surface area (TPSA) is 49.8 Å². The van der Waals surface area contributed by atoms with Crippen molar-refractivity contribution in [1.82, 2.24) is 4.90 Å². The van der Waals surface area contributed by atoms with Crippen LogP contribution in [0.2, 0.25) is 0 Å². The lowest BCUT2D eigenvalue weighted by Gasteiger charge is -2.26. The second-order valence-corrected chi connectivity index (χ2v) is 4.39. The summed E-state index contributed by atoms with van der Waals surface area (Å²) in [5.41, 5.74) is 2.12. The van der Waals surface area contributed by atoms with Crippen LogP contribution >= 0.6 is 0 Å². The van der Waals surface area contributed by atoms with E-state index in [1.165, 1.54) is 4.90 Å². The van der Waals surface area contributed by atoms with Crippen molar-refractivity contribution < 1.29 is 14.6 Å². The van der Waals surface area contributed by atoms with Gasteiger partial charge in [-0.25, -0.2) is 4.79 Å². The molecular formula is C12H21NO3. The third kappa shape index (κ3) is 7.10. The highest BCUT2D eigenvalue weighted by Crippen LogP contribution is 2.10. The summed E-state index contributed by atoms with van der Waals surface area (Å²) in [6.07, 6.45) is 2.00. The Morgan fingerprint density at radius 3 is 2.56 bits per heavy atom. The van der Waals surface area contributed by atoms with Crippen molar-refractivity contribution in [2.24, 2.45) is 0 Å². The van der Waals surface area contributed by atoms with Gasteiger partial charge in [0.1, 0.15) is 5.60 Å². The van der Waals surface area contributed by atoms with E-state index in [1.807, 2.05) is 20.8 Å². The molecule has 0 aliphatic rings. The summed E-state index contributed by atoms with van der Waals surface area (Å²) in [5, 5.41) is 8.85. The summed E-state index contributed by atoms with van der Waals surface area (Å²) < 4.78 is 5.21. The lowest BCUT2D eigenvalue weighted by Crippen LogP contribution is -2.38. The number of aliphatic hydroxyl groups is 1. The maximum absolute atomic E-state index is 11.7. The smallest absolute Gasteiger partial charge is 0.410 e. The van der Waals surface area contributed by atoms with Gasteiger partial charge in [-0.1, -0.05) is 6.58 Å². The van der Waals surface area contributed by atoms with Crippen LogP contribution in [0, 0.1) is 0 Å². The van der Waals surface area contributed by atoms with Crippen molar-refractivity contribution in [1.29, 1.82) is 0 Å². The van der Waals surface area contributed by atoms with Crippen LogP contribution in [-0.2, 0) is 4.74 Å². The first-order chi connectivity index (χ1) is 7.40. The molecule has 0 heterocycles. The molecule has 0 rings (SSSR count). The Balaban J connectivity index is 4.28. The second kappa shape index (κ2) is 7.09. The van der Waals surface area contributed by atoms with Crippen molar-refractivity contribution in [3.05, 3.63) is 18.4 Å². The lowest BCUT2D eigenvalue weighted by molar-refractivity contribution is 0.0222. The number of carbonyl (C=O) groups is 1. The number of nitrogens with zero attached hydrogens (tertiary/aromatic N) is 1. The molecule has 0 aromatic heterocycles. The van der Waals surface area contributed by atoms with Crippen LogP contribution in [0.4, 0.5) is 4.79 Å². The third-order valence-corrected chi connectivity index (χ3v) is 1.71. The zero-order valence-electron chi connectivity index (χ0n) is 10.3. The highest BCUT2D eigenvalue weighted by molar-refractivity contribution is 5.68. The molecule has 0 aliphatic carbocycles. The van der Waals surface area contributed by atoms with Crippen LogP contribution in [0.5, 0.6) is 0 Å². The molecule has 0 unspecified atom stereocenters. The Labute approximate surface area is 97.2 Å². The second-order valence-electron chi connectivity index (χ2n) is 4.39. The summed E-state index contributed by atoms with van der Waals surface area (Å²) in [6, 6.07) is 0. The van der Waals surface area contributed by atoms with Crippen LogP contribution in [-0.4, -0.2) is 41.4 Å². The Morgan fingerprint density at radius 2 is 2.12 bits per heavy atom. The lowest BCUT2D eigenvalue weighted by atomic mass is 10.2. The molecule has 0 spiro atoms. The number of hydrogen-bond acceptors (Lipinski definition) is 3. The molecule has 0 aromatic rings. The fourth-order valence-electron chi connectivity index (χ4n) is 1.06. The average Bonchev–Trinajstić information content (AvgIpc) is 2.14. The van der Waals surface area contributed by atoms with Gasteiger partial charge in [0.15, 0.2) is 0 Å². The normalized spacial score (nSPS) is 10.5. The van der Waals surface area contributed by atoms with Crippen LogP contribution in [0.3, 0.4) is 0 Å². The molecule has 1 amide bonds. The molecule has 0 saturated carbocycles. The van der Waals surface area contributed by atoms with Crippen LogP contribution in [0.1, 0.15) is 27.2 Å². The molecule has 4 heteroatoms. The maximum Gasteiger partial charge on any atom is 0.410 e. The van der Waals surface area contributed by atoms with Gasteiger partial charge in [-0.3, -0.25) is 0 Å². The maximum atomic E-state index is 11.7. The molecule has 0 saturated heterocycles. The van der Waals surface area contributed by atoms with Gasteiger partial charge in [0.05, 0.1) is 6.61 Å². The minimum Gasteiger partial charge on any atom is -0.444 e. The summed E-state index contributed by atoms with van der Waals surface area (Å²) in [5.74, 6) is 0. The molecule has 0 aromatic carbocycles. The van der Waals surface area contributed by atoms with E-state index in [1.54, 1.807) is 6.08 Å². The molecule has 16 heavy (non-hydrogen) atoms. The van der Waals surface area contributed by atoms with E-state index in [4.69, 9.17) is 9.84 Å². The Kier molecular flexibility index (Phi) is 6.54. The van der Waals surface area contributed by atoms with E-state index < -0.39 is 11.7 Å². The predicted octanol–water partition coefficient (Wildman–Crippen LogP) is 1.95. The van der Waals surface area contributed by atoms with E-state index in [2.05, 4.69) is 12.3 Å². The van der Waals surface area contributed by atoms with Crippen molar-refractivity contribution in [3.63, 3.8) is 0 Å². The van der Waals surface area contributed by atoms with Gasteiger partial charge in [-0.05, 0) is 33.3 Å². The Bertz CT molecular complexity index is 262. The van der Waals surface area contributed by atoms with Crippen LogP contribution in [0.25, 0.3) is 0 Å². The van der Waals surface area contributed by atoms with Gasteiger partial charge in [0.2, 0.25) is 0 Å². The first kappa shape index (κ1) is 14.8. The molecular weight excluding hydrogens is 206 g/mol. The number of aliphatic hydroxyl groups excluding tert-OH is 1. The predicted molar refractivity (Wildman–Crippen MR) is 63.2 cm³/mol. The van der Waals surface area contributed by atoms with Gasteiger partial charge < -0.3 is 14.7 Å². The van der Waals surface area contributed by atoms with Crippen molar-refractivity contribution in [2.45, 2.75) is 32.8 Å². The van der Waals surface area contributed by atoms with Crippen LogP contribution < -0.4 is 0 Å². The molecule has 4 nitrogen and oxygen atoms in total. The Hall–Kier alpha value is -1.25. The molecule has 1 N–H and O–H groups in total. The molecule has 0 atom stereocenters. The number of carbonyl (C=O) groups excluding carboxylic acids is 1. The third-order valence-electron chi connectivity index (χ3n) is 1.71. The zero-order valence-corrected chi connectivity index (χ0v) is 10.3. The summed E-state index contributed by atoms with van der Waals surface area (Å²) in [4.78, 5) is 13.2. The van der Waals surface area contributed by atoms with E-state index in [0.29, 0.717) is 13.0 Å². The minimum atomic E-state index is -0.515. The van der Waals surface area contributed by atoms with Crippen molar-refractivity contribution in [2.75, 3.05) is 19.7 Å². The molecule has 0 fully saturated rings. The molecule has 92 valence electrons. The first-order valence-corrected chi connectivity index (χ1v) is 5.34. The quantitative estimate of drug-likeness (QED) is 0.730. The van der Waals surface area contributed by atoms with E-state index >= 15 is 0 Å². The van der Waals surface area contributed by atoms with Gasteiger partial charge in [-0.2, -0.15) is 0 Å². The van der Waals surface area contributed by atoms with E-state index in [9.17, 15) is 4.79 Å². The summed E-state index contributed by atoms with van der Waals surface area (Å²) in [6.45, 7) is 9.58. The molecule has 0 bridgehead atoms. The van der Waals surface area contributed by atoms with E-state index in [0.717, 1.165) is 0 Å². The van der Waals surface area contributed by atoms with Gasteiger partial charge in [0.25, 0.3) is 0 Å². The van der Waals surface area contributed by atoms with Gasteiger partial charge >= 0.3 is 6.09 Å². The van der Waals surface area contributed by atoms with Crippen LogP contribution in [0.15, 0.2) is 18.4 Å². The Morgan fingerprint density at radius 1 is 1.50 bits per heavy atom. The van der Waals surface area contributed by atoms with Crippen molar-refractivity contribution in [3.8, 4) is 0 Å². The number of rotatable bonds is 5. The monoisotopic (exact) mass is 227 g/mol. The number of hydrogen-bond donors (Lipinski definition) is 1. The largest absolute Gasteiger partial charge is 0.444 e. The zero-order chi connectivity index (χ0) is 12.6. The SMILES string of the molecule is C=C=CCCN(CCO)C(=O)OC(C)(C)C. The van der Waals surface area contributed by atoms with E-state index in [-0.39, 0.29) is 13.2 Å². The van der Waals surface area contributed by atoms with Crippen molar-refractivity contribution >= 4 is 6.09 Å². The molecule has 0 aliphatic heterocycles. The first-order valence-electron chi connectivity index (χ1n) is 5.34. The standard InChI is InChI=1S/C12H21NO3/c1-5-6-7-8-13(9-10-14)11(15)16-12(2,3)4/h6,14H,1,7-10H2,2-4H3. The summed E-state index contributed by atoms with van der Waals surface area (Å²) in [7, 11) is 0. The molecule has 0 radical (unpaired) electrons. The van der Waals surface area contributed by atoms with Gasteiger partial charge in [-0.15, -0.1) is 5.73 Å². The average molecular weight is 227 g/mol. The fourth-order valence-corrected chi connectivity index (χ4v) is 1.06.